The molecule has 0 aliphatic heterocycles. The molecule has 2 heteroatoms. The highest BCUT2D eigenvalue weighted by Crippen LogP contribution is 2.26. The molecule has 0 radical (unpaired) electrons. The molecule has 0 aliphatic carbocycles. The van der Waals surface area contributed by atoms with E-state index in [1.165, 1.54) is 0 Å². The Bertz CT molecular complexity index is 542. The Labute approximate surface area is 107 Å². The Kier molecular flexibility index (Phi) is 3.78. The van der Waals surface area contributed by atoms with Crippen LogP contribution in [0.4, 0.5) is 0 Å². The van der Waals surface area contributed by atoms with Gasteiger partial charge in [0.1, 0.15) is 5.75 Å². The largest absolute Gasteiger partial charge is 0.494 e. The van der Waals surface area contributed by atoms with Crippen molar-refractivity contribution in [3.63, 3.8) is 0 Å². The first kappa shape index (κ1) is 12.4. The minimum Gasteiger partial charge on any atom is -0.494 e. The molecular formula is C16H16O2. The first-order valence-electron chi connectivity index (χ1n) is 6.03. The third-order valence-electron chi connectivity index (χ3n) is 2.81. The summed E-state index contributed by atoms with van der Waals surface area (Å²) in [4.78, 5) is 11.1. The van der Waals surface area contributed by atoms with Crippen LogP contribution in [0.1, 0.15) is 22.8 Å². The molecule has 0 bridgehead atoms. The maximum Gasteiger partial charge on any atom is 0.150 e. The average molecular weight is 240 g/mol. The fraction of sp³-hybridized carbons (Fsp3) is 0.188. The fourth-order valence-electron chi connectivity index (χ4n) is 1.92. The van der Waals surface area contributed by atoms with Crippen molar-refractivity contribution in [1.29, 1.82) is 0 Å². The van der Waals surface area contributed by atoms with E-state index in [0.717, 1.165) is 28.7 Å². The Morgan fingerprint density at radius 3 is 2.44 bits per heavy atom. The first-order chi connectivity index (χ1) is 8.74. The number of aryl methyl sites for hydroxylation is 1. The highest BCUT2D eigenvalue weighted by atomic mass is 16.5. The molecule has 0 N–H and O–H groups in total. The van der Waals surface area contributed by atoms with Gasteiger partial charge in [0.2, 0.25) is 0 Å². The van der Waals surface area contributed by atoms with Crippen molar-refractivity contribution >= 4 is 6.29 Å². The quantitative estimate of drug-likeness (QED) is 0.758. The van der Waals surface area contributed by atoms with Crippen LogP contribution in [-0.2, 0) is 0 Å². The van der Waals surface area contributed by atoms with Gasteiger partial charge in [-0.25, -0.2) is 0 Å². The van der Waals surface area contributed by atoms with Crippen molar-refractivity contribution in [1.82, 2.24) is 0 Å². The van der Waals surface area contributed by atoms with Gasteiger partial charge in [0.15, 0.2) is 6.29 Å². The molecule has 2 nitrogen and oxygen atoms in total. The molecule has 2 rings (SSSR count). The SMILES string of the molecule is CCOc1ccc(-c2cc(C)ccc2C=O)cc1. The van der Waals surface area contributed by atoms with Crippen LogP contribution in [0, 0.1) is 6.92 Å². The van der Waals surface area contributed by atoms with Crippen molar-refractivity contribution in [2.75, 3.05) is 6.61 Å². The van der Waals surface area contributed by atoms with Gasteiger partial charge in [-0.3, -0.25) is 4.79 Å². The number of ether oxygens (including phenoxy) is 1. The Balaban J connectivity index is 2.41. The summed E-state index contributed by atoms with van der Waals surface area (Å²) in [6, 6.07) is 13.6. The molecule has 2 aromatic rings. The molecule has 0 spiro atoms. The van der Waals surface area contributed by atoms with Gasteiger partial charge in [-0.05, 0) is 37.1 Å². The molecule has 2 aromatic carbocycles. The summed E-state index contributed by atoms with van der Waals surface area (Å²) < 4.78 is 5.41. The number of aldehydes is 1. The van der Waals surface area contributed by atoms with Crippen LogP contribution in [0.2, 0.25) is 0 Å². The summed E-state index contributed by atoms with van der Waals surface area (Å²) in [5, 5.41) is 0. The monoisotopic (exact) mass is 240 g/mol. The number of rotatable bonds is 4. The predicted molar refractivity (Wildman–Crippen MR) is 73.2 cm³/mol. The highest BCUT2D eigenvalue weighted by molar-refractivity contribution is 5.87. The number of hydrogen-bond acceptors (Lipinski definition) is 2. The van der Waals surface area contributed by atoms with E-state index in [0.29, 0.717) is 12.2 Å². The van der Waals surface area contributed by atoms with Crippen molar-refractivity contribution in [3.05, 3.63) is 53.6 Å². The summed E-state index contributed by atoms with van der Waals surface area (Å²) in [6.45, 7) is 4.63. The molecule has 0 heterocycles. The lowest BCUT2D eigenvalue weighted by atomic mass is 9.98. The lowest BCUT2D eigenvalue weighted by molar-refractivity contribution is 0.112. The number of hydrogen-bond donors (Lipinski definition) is 0. The van der Waals surface area contributed by atoms with E-state index in [2.05, 4.69) is 0 Å². The molecule has 0 saturated heterocycles. The Hall–Kier alpha value is -2.09. The molecule has 0 aromatic heterocycles. The molecule has 0 saturated carbocycles. The molecule has 0 aliphatic rings. The van der Waals surface area contributed by atoms with Crippen LogP contribution in [0.3, 0.4) is 0 Å². The van der Waals surface area contributed by atoms with Gasteiger partial charge in [0.25, 0.3) is 0 Å². The lowest BCUT2D eigenvalue weighted by Crippen LogP contribution is -1.92. The third kappa shape index (κ3) is 2.59. The van der Waals surface area contributed by atoms with Crippen LogP contribution in [0.5, 0.6) is 5.75 Å². The van der Waals surface area contributed by atoms with Crippen molar-refractivity contribution in [2.45, 2.75) is 13.8 Å². The minimum absolute atomic E-state index is 0.656. The van der Waals surface area contributed by atoms with Crippen molar-refractivity contribution < 1.29 is 9.53 Å². The van der Waals surface area contributed by atoms with E-state index in [1.807, 2.05) is 56.3 Å². The van der Waals surface area contributed by atoms with Crippen molar-refractivity contribution in [2.24, 2.45) is 0 Å². The topological polar surface area (TPSA) is 26.3 Å². The van der Waals surface area contributed by atoms with E-state index >= 15 is 0 Å². The van der Waals surface area contributed by atoms with Crippen LogP contribution < -0.4 is 4.74 Å². The fourth-order valence-corrected chi connectivity index (χ4v) is 1.92. The van der Waals surface area contributed by atoms with E-state index in [1.54, 1.807) is 0 Å². The van der Waals surface area contributed by atoms with Crippen LogP contribution in [0.15, 0.2) is 42.5 Å². The van der Waals surface area contributed by atoms with Gasteiger partial charge in [-0.2, -0.15) is 0 Å². The maximum absolute atomic E-state index is 11.1. The predicted octanol–water partition coefficient (Wildman–Crippen LogP) is 3.87. The normalized spacial score (nSPS) is 10.1. The zero-order valence-electron chi connectivity index (χ0n) is 10.6. The second-order valence-corrected chi connectivity index (χ2v) is 4.17. The van der Waals surface area contributed by atoms with Gasteiger partial charge in [-0.15, -0.1) is 0 Å². The van der Waals surface area contributed by atoms with E-state index in [9.17, 15) is 4.79 Å². The van der Waals surface area contributed by atoms with Gasteiger partial charge in [0.05, 0.1) is 6.61 Å². The molecule has 92 valence electrons. The number of carbonyl (C=O) groups excluding carboxylic acids is 1. The average Bonchev–Trinajstić information content (AvgIpc) is 2.40. The molecule has 0 fully saturated rings. The second-order valence-electron chi connectivity index (χ2n) is 4.17. The summed E-state index contributed by atoms with van der Waals surface area (Å²) in [7, 11) is 0. The van der Waals surface area contributed by atoms with E-state index < -0.39 is 0 Å². The van der Waals surface area contributed by atoms with Crippen LogP contribution >= 0.6 is 0 Å². The lowest BCUT2D eigenvalue weighted by Gasteiger charge is -2.08. The number of carbonyl (C=O) groups is 1. The van der Waals surface area contributed by atoms with E-state index in [4.69, 9.17) is 4.74 Å². The summed E-state index contributed by atoms with van der Waals surface area (Å²) >= 11 is 0. The van der Waals surface area contributed by atoms with Gasteiger partial charge in [-0.1, -0.05) is 35.9 Å². The maximum atomic E-state index is 11.1. The first-order valence-corrected chi connectivity index (χ1v) is 6.03. The number of benzene rings is 2. The summed E-state index contributed by atoms with van der Waals surface area (Å²) in [5.74, 6) is 0.849. The molecule has 0 amide bonds. The van der Waals surface area contributed by atoms with Crippen LogP contribution in [-0.4, -0.2) is 12.9 Å². The zero-order valence-corrected chi connectivity index (χ0v) is 10.6. The highest BCUT2D eigenvalue weighted by Gasteiger charge is 2.05. The third-order valence-corrected chi connectivity index (χ3v) is 2.81. The smallest absolute Gasteiger partial charge is 0.150 e. The molecule has 18 heavy (non-hydrogen) atoms. The van der Waals surface area contributed by atoms with E-state index in [-0.39, 0.29) is 0 Å². The standard InChI is InChI=1S/C16H16O2/c1-3-18-15-8-6-13(7-9-15)16-10-12(2)4-5-14(16)11-17/h4-11H,3H2,1-2H3. The Morgan fingerprint density at radius 1 is 1.11 bits per heavy atom. The summed E-state index contributed by atoms with van der Waals surface area (Å²) in [5.41, 5.74) is 3.85. The summed E-state index contributed by atoms with van der Waals surface area (Å²) in [6.07, 6.45) is 0.894. The van der Waals surface area contributed by atoms with Gasteiger partial charge < -0.3 is 4.74 Å². The Morgan fingerprint density at radius 2 is 1.83 bits per heavy atom. The molecule has 0 atom stereocenters. The minimum atomic E-state index is 0.656. The second kappa shape index (κ2) is 5.50. The molecular weight excluding hydrogens is 224 g/mol. The van der Waals surface area contributed by atoms with Crippen LogP contribution in [0.25, 0.3) is 11.1 Å². The zero-order chi connectivity index (χ0) is 13.0. The molecule has 0 unspecified atom stereocenters. The van der Waals surface area contributed by atoms with Gasteiger partial charge in [0, 0.05) is 5.56 Å². The van der Waals surface area contributed by atoms with Crippen molar-refractivity contribution in [3.8, 4) is 16.9 Å². The van der Waals surface area contributed by atoms with Gasteiger partial charge >= 0.3 is 0 Å².